The first-order chi connectivity index (χ1) is 8.61. The van der Waals surface area contributed by atoms with E-state index in [1.165, 1.54) is 4.90 Å². The molecule has 2 aliphatic heterocycles. The number of amides is 1. The number of carboxylic acids is 1. The van der Waals surface area contributed by atoms with Gasteiger partial charge in [-0.3, -0.25) is 4.79 Å². The van der Waals surface area contributed by atoms with E-state index >= 15 is 0 Å². The topological polar surface area (TPSA) is 92.7 Å². The number of fused-ring (bicyclic) bond motifs is 1. The van der Waals surface area contributed by atoms with Crippen LogP contribution >= 0.6 is 0 Å². The molecule has 2 atom stereocenters. The minimum Gasteiger partial charge on any atom is -0.543 e. The number of hydrogen-bond donors (Lipinski definition) is 2. The first-order valence-corrected chi connectivity index (χ1v) is 6.24. The van der Waals surface area contributed by atoms with E-state index in [0.29, 0.717) is 25.1 Å². The van der Waals surface area contributed by atoms with Gasteiger partial charge in [-0.2, -0.15) is 0 Å². The van der Waals surface area contributed by atoms with Crippen LogP contribution in [0.4, 0.5) is 0 Å². The van der Waals surface area contributed by atoms with Gasteiger partial charge in [-0.1, -0.05) is 6.92 Å². The average Bonchev–Trinajstić information content (AvgIpc) is 2.68. The van der Waals surface area contributed by atoms with Crippen molar-refractivity contribution in [3.05, 3.63) is 11.4 Å². The van der Waals surface area contributed by atoms with E-state index in [1.54, 1.807) is 0 Å². The Kier molecular flexibility index (Phi) is 5.85. The van der Waals surface area contributed by atoms with E-state index in [1.807, 2.05) is 6.92 Å². The Morgan fingerprint density at radius 3 is 2.79 bits per heavy atom. The zero-order valence-electron chi connectivity index (χ0n) is 11.3. The smallest absolute Gasteiger partial charge is 0.543 e. The number of hydrogen-bond acceptors (Lipinski definition) is 5. The minimum absolute atomic E-state index is 0. The van der Waals surface area contributed by atoms with Crippen molar-refractivity contribution in [1.29, 1.82) is 0 Å². The molecule has 19 heavy (non-hydrogen) atoms. The molecule has 1 amide bonds. The maximum Gasteiger partial charge on any atom is 1.00 e. The number of aliphatic hydroxyl groups is 1. The van der Waals surface area contributed by atoms with Gasteiger partial charge in [0.15, 0.2) is 0 Å². The molecule has 1 saturated heterocycles. The fourth-order valence-corrected chi connectivity index (χ4v) is 2.67. The predicted octanol–water partition coefficient (Wildman–Crippen LogP) is -4.44. The van der Waals surface area contributed by atoms with Crippen LogP contribution in [0.3, 0.4) is 0 Å². The van der Waals surface area contributed by atoms with E-state index in [4.69, 9.17) is 5.11 Å². The molecule has 0 aromatic heterocycles. The van der Waals surface area contributed by atoms with Gasteiger partial charge in [-0.15, -0.1) is 0 Å². The van der Waals surface area contributed by atoms with Crippen molar-refractivity contribution < 1.29 is 49.4 Å². The zero-order valence-corrected chi connectivity index (χ0v) is 13.3. The van der Waals surface area contributed by atoms with E-state index in [-0.39, 0.29) is 59.7 Å². The molecular weight excluding hydrogens is 259 g/mol. The molecule has 0 saturated carbocycles. The molecule has 100 valence electrons. The standard InChI is InChI=1S/C12H18N2O4.Na/c1-2-4-13-8-6-9-7(3-5-15)11(16)14(9)10(8)12(17)18;/h7,9,13,15H,2-6H2,1H3,(H,17,18);/q;+1/p-1. The molecule has 7 heteroatoms. The van der Waals surface area contributed by atoms with Crippen molar-refractivity contribution in [2.45, 2.75) is 32.2 Å². The van der Waals surface area contributed by atoms with Gasteiger partial charge >= 0.3 is 29.6 Å². The summed E-state index contributed by atoms with van der Waals surface area (Å²) in [6.45, 7) is 2.60. The summed E-state index contributed by atoms with van der Waals surface area (Å²) < 4.78 is 0. The number of aliphatic hydroxyl groups excluding tert-OH is 1. The fourth-order valence-electron chi connectivity index (χ4n) is 2.67. The molecule has 2 heterocycles. The first-order valence-electron chi connectivity index (χ1n) is 6.24. The Bertz CT molecular complexity index is 411. The van der Waals surface area contributed by atoms with E-state index in [9.17, 15) is 14.7 Å². The second kappa shape index (κ2) is 6.74. The Balaban J connectivity index is 0.00000180. The van der Waals surface area contributed by atoms with Crippen LogP contribution < -0.4 is 40.0 Å². The molecule has 0 radical (unpaired) electrons. The summed E-state index contributed by atoms with van der Waals surface area (Å²) in [6.07, 6.45) is 1.78. The third-order valence-corrected chi connectivity index (χ3v) is 3.51. The van der Waals surface area contributed by atoms with Crippen molar-refractivity contribution in [1.82, 2.24) is 10.2 Å². The molecule has 0 aliphatic carbocycles. The number of nitrogens with one attached hydrogen (secondary N) is 1. The molecule has 2 unspecified atom stereocenters. The van der Waals surface area contributed by atoms with E-state index < -0.39 is 5.97 Å². The van der Waals surface area contributed by atoms with Crippen LogP contribution in [0.5, 0.6) is 0 Å². The maximum absolute atomic E-state index is 11.8. The van der Waals surface area contributed by atoms with Crippen LogP contribution in [0.15, 0.2) is 11.4 Å². The van der Waals surface area contributed by atoms with E-state index in [2.05, 4.69) is 5.32 Å². The van der Waals surface area contributed by atoms with Gasteiger partial charge in [0.25, 0.3) is 0 Å². The summed E-state index contributed by atoms with van der Waals surface area (Å²) in [4.78, 5) is 24.3. The second-order valence-electron chi connectivity index (χ2n) is 4.64. The summed E-state index contributed by atoms with van der Waals surface area (Å²) in [6, 6.07) is -0.128. The van der Waals surface area contributed by atoms with Crippen LogP contribution in [0.25, 0.3) is 0 Å². The van der Waals surface area contributed by atoms with Gasteiger partial charge in [0.05, 0.1) is 23.6 Å². The third-order valence-electron chi connectivity index (χ3n) is 3.51. The van der Waals surface area contributed by atoms with Crippen LogP contribution in [-0.2, 0) is 9.59 Å². The number of carboxylic acid groups (broad SMARTS) is 1. The van der Waals surface area contributed by atoms with Crippen LogP contribution in [0.2, 0.25) is 0 Å². The Morgan fingerprint density at radius 2 is 2.26 bits per heavy atom. The molecule has 6 nitrogen and oxygen atoms in total. The molecular formula is C12H17N2NaO4. The van der Waals surface area contributed by atoms with Gasteiger partial charge in [0, 0.05) is 25.3 Å². The molecule has 0 bridgehead atoms. The van der Waals surface area contributed by atoms with Crippen LogP contribution in [-0.4, -0.2) is 41.1 Å². The quantitative estimate of drug-likeness (QED) is 0.377. The molecule has 0 aromatic carbocycles. The number of carbonyl (C=O) groups excluding carboxylic acids is 2. The summed E-state index contributed by atoms with van der Waals surface area (Å²) in [5.41, 5.74) is 0.559. The Morgan fingerprint density at radius 1 is 1.58 bits per heavy atom. The second-order valence-corrected chi connectivity index (χ2v) is 4.64. The van der Waals surface area contributed by atoms with Gasteiger partial charge in [-0.25, -0.2) is 0 Å². The normalized spacial score (nSPS) is 24.7. The summed E-state index contributed by atoms with van der Waals surface area (Å²) in [5.74, 6) is -1.79. The molecule has 0 spiro atoms. The number of aliphatic carboxylic acids is 1. The van der Waals surface area contributed by atoms with Gasteiger partial charge < -0.3 is 25.2 Å². The minimum atomic E-state index is -1.31. The maximum atomic E-state index is 11.8. The fraction of sp³-hybridized carbons (Fsp3) is 0.667. The largest absolute Gasteiger partial charge is 1.00 e. The van der Waals surface area contributed by atoms with Gasteiger partial charge in [0.1, 0.15) is 0 Å². The first kappa shape index (κ1) is 16.5. The van der Waals surface area contributed by atoms with Crippen molar-refractivity contribution >= 4 is 11.9 Å². The van der Waals surface area contributed by atoms with Gasteiger partial charge in [-0.05, 0) is 12.8 Å². The summed E-state index contributed by atoms with van der Waals surface area (Å²) >= 11 is 0. The van der Waals surface area contributed by atoms with Gasteiger partial charge in [0.2, 0.25) is 5.91 Å². The number of rotatable bonds is 6. The van der Waals surface area contributed by atoms with E-state index in [0.717, 1.165) is 6.42 Å². The molecule has 0 aromatic rings. The van der Waals surface area contributed by atoms with Crippen molar-refractivity contribution in [2.75, 3.05) is 13.2 Å². The Labute approximate surface area is 134 Å². The third kappa shape index (κ3) is 2.81. The number of nitrogens with zero attached hydrogens (tertiary/aromatic N) is 1. The monoisotopic (exact) mass is 276 g/mol. The molecule has 2 N–H and O–H groups in total. The summed E-state index contributed by atoms with van der Waals surface area (Å²) in [7, 11) is 0. The average molecular weight is 276 g/mol. The number of β-lactam (4-membered cyclic amide) rings is 1. The van der Waals surface area contributed by atoms with Crippen molar-refractivity contribution in [3.63, 3.8) is 0 Å². The van der Waals surface area contributed by atoms with Crippen LogP contribution in [0.1, 0.15) is 26.2 Å². The van der Waals surface area contributed by atoms with Crippen molar-refractivity contribution in [3.8, 4) is 0 Å². The zero-order chi connectivity index (χ0) is 13.3. The molecule has 2 rings (SSSR count). The van der Waals surface area contributed by atoms with Crippen molar-refractivity contribution in [2.24, 2.45) is 5.92 Å². The predicted molar refractivity (Wildman–Crippen MR) is 60.8 cm³/mol. The number of carbonyl (C=O) groups is 2. The molecule has 2 aliphatic rings. The van der Waals surface area contributed by atoms with Crippen LogP contribution in [0, 0.1) is 5.92 Å². The molecule has 1 fully saturated rings. The summed E-state index contributed by atoms with van der Waals surface area (Å²) in [5, 5.41) is 23.1. The SMILES string of the molecule is CCCNC1=C(C(=O)[O-])N2C(=O)C(CCO)C2C1.[Na+]. The Hall–Kier alpha value is -0.560.